The molecule has 150 valence electrons. The Hall–Kier alpha value is -3.13. The van der Waals surface area contributed by atoms with Gasteiger partial charge in [0.05, 0.1) is 24.9 Å². The summed E-state index contributed by atoms with van der Waals surface area (Å²) < 4.78 is 19.3. The van der Waals surface area contributed by atoms with E-state index in [-0.39, 0.29) is 23.7 Å². The minimum absolute atomic E-state index is 0.163. The zero-order valence-corrected chi connectivity index (χ0v) is 16.3. The van der Waals surface area contributed by atoms with Crippen LogP contribution in [0.25, 0.3) is 0 Å². The predicted octanol–water partition coefficient (Wildman–Crippen LogP) is 3.13. The van der Waals surface area contributed by atoms with E-state index < -0.39 is 5.82 Å². The van der Waals surface area contributed by atoms with E-state index in [0.717, 1.165) is 11.8 Å². The maximum absolute atomic E-state index is 13.2. The molecule has 3 heterocycles. The van der Waals surface area contributed by atoms with Crippen LogP contribution in [0, 0.1) is 19.7 Å². The Balaban J connectivity index is 1.52. The lowest BCUT2D eigenvalue weighted by Crippen LogP contribution is -2.33. The Labute approximate surface area is 167 Å². The van der Waals surface area contributed by atoms with E-state index in [2.05, 4.69) is 26.2 Å². The second-order valence-electron chi connectivity index (χ2n) is 7.27. The molecular weight excluding hydrogens is 373 g/mol. The molecule has 3 aromatic rings. The first-order chi connectivity index (χ1) is 14.0. The van der Waals surface area contributed by atoms with Gasteiger partial charge in [-0.2, -0.15) is 5.10 Å². The third-order valence-corrected chi connectivity index (χ3v) is 4.95. The van der Waals surface area contributed by atoms with E-state index in [4.69, 9.17) is 4.74 Å². The summed E-state index contributed by atoms with van der Waals surface area (Å²) in [6.45, 7) is 4.70. The van der Waals surface area contributed by atoms with Crippen LogP contribution in [0.1, 0.15) is 45.7 Å². The molecule has 1 fully saturated rings. The van der Waals surface area contributed by atoms with Gasteiger partial charge in [0, 0.05) is 13.0 Å². The molecule has 0 saturated carbocycles. The van der Waals surface area contributed by atoms with Gasteiger partial charge >= 0.3 is 0 Å². The van der Waals surface area contributed by atoms with Crippen LogP contribution in [0.2, 0.25) is 0 Å². The zero-order chi connectivity index (χ0) is 20.4. The molecule has 1 saturated heterocycles. The topological polar surface area (TPSA) is 84.0 Å². The van der Waals surface area contributed by atoms with Gasteiger partial charge in [-0.05, 0) is 31.5 Å². The Morgan fingerprint density at radius 2 is 2.17 bits per heavy atom. The third-order valence-electron chi connectivity index (χ3n) is 4.95. The van der Waals surface area contributed by atoms with Gasteiger partial charge in [-0.25, -0.2) is 14.4 Å². The number of benzene rings is 1. The average molecular weight is 395 g/mol. The molecule has 8 heteroatoms. The van der Waals surface area contributed by atoms with Crippen LogP contribution in [0.4, 0.5) is 4.39 Å². The molecule has 0 bridgehead atoms. The number of halogens is 1. The molecule has 0 aliphatic carbocycles. The lowest BCUT2D eigenvalue weighted by atomic mass is 10.1. The van der Waals surface area contributed by atoms with E-state index >= 15 is 0 Å². The fourth-order valence-electron chi connectivity index (χ4n) is 3.56. The molecule has 4 rings (SSSR count). The van der Waals surface area contributed by atoms with Crippen molar-refractivity contribution < 1.29 is 13.9 Å². The van der Waals surface area contributed by atoms with Crippen LogP contribution >= 0.6 is 0 Å². The second kappa shape index (κ2) is 8.08. The van der Waals surface area contributed by atoms with Crippen LogP contribution in [-0.4, -0.2) is 43.6 Å². The van der Waals surface area contributed by atoms with Gasteiger partial charge in [0.25, 0.3) is 5.91 Å². The monoisotopic (exact) mass is 395 g/mol. The van der Waals surface area contributed by atoms with Crippen LogP contribution < -0.4 is 0 Å². The third kappa shape index (κ3) is 4.32. The highest BCUT2D eigenvalue weighted by molar-refractivity contribution is 5.92. The van der Waals surface area contributed by atoms with Gasteiger partial charge in [0.1, 0.15) is 17.3 Å². The SMILES string of the molecule is Cc1cccc(CO[C@H]2C[C@@H](c3n[nH]c(C)n3)N(C(=O)c3ccc(F)cn3)C2)c1. The van der Waals surface area contributed by atoms with Crippen molar-refractivity contribution in [3.8, 4) is 0 Å². The number of ether oxygens (including phenoxy) is 1. The smallest absolute Gasteiger partial charge is 0.273 e. The molecule has 1 aromatic carbocycles. The number of H-pyrrole nitrogens is 1. The van der Waals surface area contributed by atoms with Gasteiger partial charge in [-0.15, -0.1) is 0 Å². The molecule has 1 N–H and O–H groups in total. The molecule has 1 amide bonds. The van der Waals surface area contributed by atoms with Gasteiger partial charge < -0.3 is 9.64 Å². The van der Waals surface area contributed by atoms with Gasteiger partial charge in [-0.3, -0.25) is 9.89 Å². The van der Waals surface area contributed by atoms with Gasteiger partial charge in [-0.1, -0.05) is 29.8 Å². The summed E-state index contributed by atoms with van der Waals surface area (Å²) in [5, 5.41) is 7.06. The molecule has 0 radical (unpaired) electrons. The van der Waals surface area contributed by atoms with Crippen molar-refractivity contribution in [2.75, 3.05) is 6.54 Å². The molecule has 0 spiro atoms. The van der Waals surface area contributed by atoms with Crippen molar-refractivity contribution in [1.82, 2.24) is 25.1 Å². The fourth-order valence-corrected chi connectivity index (χ4v) is 3.56. The number of hydrogen-bond acceptors (Lipinski definition) is 5. The van der Waals surface area contributed by atoms with Crippen LogP contribution in [0.3, 0.4) is 0 Å². The average Bonchev–Trinajstić information content (AvgIpc) is 3.33. The minimum atomic E-state index is -0.483. The second-order valence-corrected chi connectivity index (χ2v) is 7.27. The molecule has 0 unspecified atom stereocenters. The Bertz CT molecular complexity index is 1000. The summed E-state index contributed by atoms with van der Waals surface area (Å²) in [7, 11) is 0. The predicted molar refractivity (Wildman–Crippen MR) is 103 cm³/mol. The van der Waals surface area contributed by atoms with Crippen molar-refractivity contribution in [2.45, 2.75) is 39.0 Å². The number of hydrogen-bond donors (Lipinski definition) is 1. The summed E-state index contributed by atoms with van der Waals surface area (Å²) in [6, 6.07) is 10.4. The Kier molecular flexibility index (Phi) is 5.35. The molecule has 1 aliphatic rings. The summed E-state index contributed by atoms with van der Waals surface area (Å²) in [4.78, 5) is 23.0. The number of pyridine rings is 1. The van der Waals surface area contributed by atoms with Gasteiger partial charge in [0.15, 0.2) is 5.82 Å². The molecule has 2 atom stereocenters. The summed E-state index contributed by atoms with van der Waals surface area (Å²) in [6.07, 6.45) is 1.46. The first kappa shape index (κ1) is 19.2. The van der Waals surface area contributed by atoms with E-state index in [1.165, 1.54) is 17.7 Å². The Morgan fingerprint density at radius 3 is 2.86 bits per heavy atom. The van der Waals surface area contributed by atoms with E-state index in [9.17, 15) is 9.18 Å². The van der Waals surface area contributed by atoms with Crippen molar-refractivity contribution in [2.24, 2.45) is 0 Å². The van der Waals surface area contributed by atoms with Crippen LogP contribution in [-0.2, 0) is 11.3 Å². The van der Waals surface area contributed by atoms with E-state index in [0.29, 0.717) is 31.2 Å². The number of carbonyl (C=O) groups is 1. The van der Waals surface area contributed by atoms with Crippen molar-refractivity contribution in [3.63, 3.8) is 0 Å². The number of aryl methyl sites for hydroxylation is 2. The van der Waals surface area contributed by atoms with Gasteiger partial charge in [0.2, 0.25) is 0 Å². The first-order valence-corrected chi connectivity index (χ1v) is 9.48. The van der Waals surface area contributed by atoms with Crippen molar-refractivity contribution in [3.05, 3.63) is 76.9 Å². The molecule has 7 nitrogen and oxygen atoms in total. The number of nitrogens with one attached hydrogen (secondary N) is 1. The van der Waals surface area contributed by atoms with Crippen LogP contribution in [0.15, 0.2) is 42.6 Å². The van der Waals surface area contributed by atoms with E-state index in [1.54, 1.807) is 4.90 Å². The summed E-state index contributed by atoms with van der Waals surface area (Å²) in [5.74, 6) is 0.443. The first-order valence-electron chi connectivity index (χ1n) is 9.48. The number of nitrogens with zero attached hydrogens (tertiary/aromatic N) is 4. The fraction of sp³-hybridized carbons (Fsp3) is 0.333. The molecule has 2 aromatic heterocycles. The standard InChI is InChI=1S/C21H22FN5O2/c1-13-4-3-5-15(8-13)12-29-17-9-19(20-24-14(2)25-26-20)27(11-17)21(28)18-7-6-16(22)10-23-18/h3-8,10,17,19H,9,11-12H2,1-2H3,(H,24,25,26)/t17-,19-/m0/s1. The lowest BCUT2D eigenvalue weighted by Gasteiger charge is -2.21. The summed E-state index contributed by atoms with van der Waals surface area (Å²) in [5.41, 5.74) is 2.44. The molecular formula is C21H22FN5O2. The number of amides is 1. The number of aromatic nitrogens is 4. The minimum Gasteiger partial charge on any atom is -0.372 e. The highest BCUT2D eigenvalue weighted by atomic mass is 19.1. The quantitative estimate of drug-likeness (QED) is 0.718. The van der Waals surface area contributed by atoms with E-state index in [1.807, 2.05) is 32.0 Å². The maximum Gasteiger partial charge on any atom is 0.273 e. The number of carbonyl (C=O) groups excluding carboxylic acids is 1. The highest BCUT2D eigenvalue weighted by Crippen LogP contribution is 2.33. The highest BCUT2D eigenvalue weighted by Gasteiger charge is 2.39. The maximum atomic E-state index is 13.2. The molecule has 29 heavy (non-hydrogen) atoms. The number of rotatable bonds is 5. The lowest BCUT2D eigenvalue weighted by molar-refractivity contribution is 0.0436. The Morgan fingerprint density at radius 1 is 1.31 bits per heavy atom. The van der Waals surface area contributed by atoms with Crippen LogP contribution in [0.5, 0.6) is 0 Å². The van der Waals surface area contributed by atoms with Crippen molar-refractivity contribution in [1.29, 1.82) is 0 Å². The largest absolute Gasteiger partial charge is 0.372 e. The normalized spacial score (nSPS) is 18.9. The number of likely N-dealkylation sites (tertiary alicyclic amines) is 1. The molecule has 1 aliphatic heterocycles. The summed E-state index contributed by atoms with van der Waals surface area (Å²) >= 11 is 0. The zero-order valence-electron chi connectivity index (χ0n) is 16.3. The number of aromatic amines is 1. The van der Waals surface area contributed by atoms with Crippen molar-refractivity contribution >= 4 is 5.91 Å².